The molecule has 0 aromatic heterocycles. The maximum Gasteiger partial charge on any atom is 0.192 e. The lowest BCUT2D eigenvalue weighted by atomic mass is 9.49. The predicted octanol–water partition coefficient (Wildman–Crippen LogP) is 6.39. The van der Waals surface area contributed by atoms with Crippen LogP contribution in [-0.4, -0.2) is 60.8 Å². The van der Waals surface area contributed by atoms with Gasteiger partial charge in [-0.15, -0.1) is 0 Å². The van der Waals surface area contributed by atoms with Crippen LogP contribution in [-0.2, 0) is 9.16 Å². The van der Waals surface area contributed by atoms with Crippen molar-refractivity contribution in [2.45, 2.75) is 135 Å². The van der Waals surface area contributed by atoms with Gasteiger partial charge in [-0.2, -0.15) is 0 Å². The highest BCUT2D eigenvalue weighted by Crippen LogP contribution is 2.66. The second-order valence-electron chi connectivity index (χ2n) is 15.4. The van der Waals surface area contributed by atoms with Crippen LogP contribution in [0, 0.1) is 28.6 Å². The number of allylic oxidation sites excluding steroid dienone is 3. The molecule has 9 atom stereocenters. The zero-order chi connectivity index (χ0) is 28.3. The van der Waals surface area contributed by atoms with Crippen LogP contribution in [0.1, 0.15) is 93.4 Å². The molecule has 0 heterocycles. The molecule has 3 fully saturated rings. The van der Waals surface area contributed by atoms with Gasteiger partial charge in [-0.3, -0.25) is 0 Å². The Hall–Kier alpha value is -0.503. The van der Waals surface area contributed by atoms with Crippen LogP contribution >= 0.6 is 0 Å². The quantitative estimate of drug-likeness (QED) is 0.307. The van der Waals surface area contributed by atoms with E-state index < -0.39 is 13.9 Å². The smallest absolute Gasteiger partial charge is 0.192 e. The maximum atomic E-state index is 10.9. The molecule has 3 saturated carbocycles. The average molecular weight is 549 g/mol. The van der Waals surface area contributed by atoms with Crippen molar-refractivity contribution in [2.24, 2.45) is 28.6 Å². The molecule has 218 valence electrons. The van der Waals surface area contributed by atoms with Gasteiger partial charge in [0, 0.05) is 18.4 Å². The molecule has 0 radical (unpaired) electrons. The molecule has 4 rings (SSSR count). The third-order valence-electron chi connectivity index (χ3n) is 11.9. The number of aliphatic hydroxyl groups is 3. The van der Waals surface area contributed by atoms with Crippen molar-refractivity contribution >= 4 is 8.32 Å². The fraction of sp³-hybridized carbons (Fsp3) is 0.875. The molecule has 4 aliphatic carbocycles. The Kier molecular flexibility index (Phi) is 8.34. The van der Waals surface area contributed by atoms with Gasteiger partial charge >= 0.3 is 0 Å². The molecule has 0 saturated heterocycles. The molecule has 38 heavy (non-hydrogen) atoms. The molecular formula is C32H56O5Si. The van der Waals surface area contributed by atoms with Crippen LogP contribution in [0.15, 0.2) is 23.3 Å². The standard InChI is InChI=1S/C32H56O5Si/c1-21(36-17-16-30(5,35)20-33)25-12-13-26-24-11-10-22-18-23(34)19-28(37-38(8,9)29(2,3)4)32(22,7)27(24)14-15-31(25,26)6/h10-11,21,23,25-28,33-35H,12-20H2,1-9H3/t21-,23+,25+,26-,27-,28-,30-,31+,32-/m0/s1. The number of hydrogen-bond donors (Lipinski definition) is 3. The largest absolute Gasteiger partial charge is 0.413 e. The van der Waals surface area contributed by atoms with Crippen molar-refractivity contribution in [3.05, 3.63) is 23.3 Å². The fourth-order valence-corrected chi connectivity index (χ4v) is 9.60. The molecule has 0 bridgehead atoms. The van der Waals surface area contributed by atoms with Gasteiger partial charge in [-0.25, -0.2) is 0 Å². The number of hydrogen-bond acceptors (Lipinski definition) is 5. The van der Waals surface area contributed by atoms with Crippen LogP contribution < -0.4 is 0 Å². The van der Waals surface area contributed by atoms with E-state index in [1.54, 1.807) is 12.5 Å². The summed E-state index contributed by atoms with van der Waals surface area (Å²) >= 11 is 0. The van der Waals surface area contributed by atoms with Crippen molar-refractivity contribution in [1.29, 1.82) is 0 Å². The summed E-state index contributed by atoms with van der Waals surface area (Å²) < 4.78 is 13.5. The van der Waals surface area contributed by atoms with Crippen molar-refractivity contribution in [3.8, 4) is 0 Å². The molecule has 4 aliphatic rings. The minimum Gasteiger partial charge on any atom is -0.413 e. The van der Waals surface area contributed by atoms with Crippen molar-refractivity contribution in [3.63, 3.8) is 0 Å². The van der Waals surface area contributed by atoms with E-state index in [0.29, 0.717) is 30.8 Å². The van der Waals surface area contributed by atoms with Gasteiger partial charge in [-0.05, 0) is 93.7 Å². The van der Waals surface area contributed by atoms with Crippen molar-refractivity contribution in [2.75, 3.05) is 13.2 Å². The predicted molar refractivity (Wildman–Crippen MR) is 156 cm³/mol. The number of rotatable bonds is 8. The van der Waals surface area contributed by atoms with E-state index in [0.717, 1.165) is 19.3 Å². The Morgan fingerprint density at radius 1 is 1.08 bits per heavy atom. The Morgan fingerprint density at radius 3 is 2.39 bits per heavy atom. The first kappa shape index (κ1) is 30.5. The minimum atomic E-state index is -2.01. The van der Waals surface area contributed by atoms with Gasteiger partial charge in [-0.1, -0.05) is 57.9 Å². The molecule has 0 amide bonds. The third-order valence-corrected chi connectivity index (χ3v) is 16.3. The van der Waals surface area contributed by atoms with Gasteiger partial charge < -0.3 is 24.5 Å². The van der Waals surface area contributed by atoms with E-state index in [4.69, 9.17) is 9.16 Å². The van der Waals surface area contributed by atoms with Gasteiger partial charge in [0.2, 0.25) is 0 Å². The van der Waals surface area contributed by atoms with Crippen LogP contribution in [0.25, 0.3) is 0 Å². The topological polar surface area (TPSA) is 79.2 Å². The first-order valence-electron chi connectivity index (χ1n) is 15.2. The van der Waals surface area contributed by atoms with E-state index in [2.05, 4.69) is 66.8 Å². The summed E-state index contributed by atoms with van der Waals surface area (Å²) in [5.74, 6) is 1.50. The lowest BCUT2D eigenvalue weighted by Crippen LogP contribution is -2.57. The van der Waals surface area contributed by atoms with E-state index in [1.807, 2.05) is 0 Å². The summed E-state index contributed by atoms with van der Waals surface area (Å²) in [6, 6.07) is 0. The first-order valence-corrected chi connectivity index (χ1v) is 18.1. The first-order chi connectivity index (χ1) is 17.5. The highest BCUT2D eigenvalue weighted by Gasteiger charge is 2.60. The lowest BCUT2D eigenvalue weighted by molar-refractivity contribution is -0.0732. The summed E-state index contributed by atoms with van der Waals surface area (Å²) in [6.45, 7) is 20.7. The zero-order valence-electron chi connectivity index (χ0n) is 25.6. The highest BCUT2D eigenvalue weighted by atomic mass is 28.4. The average Bonchev–Trinajstić information content (AvgIpc) is 3.16. The van der Waals surface area contributed by atoms with E-state index in [1.165, 1.54) is 24.8 Å². The second kappa shape index (κ2) is 10.4. The van der Waals surface area contributed by atoms with Crippen LogP contribution in [0.3, 0.4) is 0 Å². The highest BCUT2D eigenvalue weighted by molar-refractivity contribution is 6.74. The van der Waals surface area contributed by atoms with E-state index >= 15 is 0 Å². The lowest BCUT2D eigenvalue weighted by Gasteiger charge is -2.58. The molecule has 0 aromatic rings. The van der Waals surface area contributed by atoms with Crippen LogP contribution in [0.2, 0.25) is 18.1 Å². The third kappa shape index (κ3) is 5.27. The molecule has 0 spiro atoms. The molecule has 0 unspecified atom stereocenters. The zero-order valence-corrected chi connectivity index (χ0v) is 26.6. The number of aliphatic hydroxyl groups excluding tert-OH is 2. The molecule has 5 nitrogen and oxygen atoms in total. The molecule has 6 heteroatoms. The monoisotopic (exact) mass is 548 g/mol. The normalized spacial score (nSPS) is 39.8. The second-order valence-corrected chi connectivity index (χ2v) is 20.2. The molecular weight excluding hydrogens is 492 g/mol. The van der Waals surface area contributed by atoms with Crippen LogP contribution in [0.5, 0.6) is 0 Å². The van der Waals surface area contributed by atoms with Crippen molar-refractivity contribution < 1.29 is 24.5 Å². The minimum absolute atomic E-state index is 0.0511. The maximum absolute atomic E-state index is 10.9. The van der Waals surface area contributed by atoms with Gasteiger partial charge in [0.25, 0.3) is 0 Å². The van der Waals surface area contributed by atoms with E-state index in [-0.39, 0.29) is 40.8 Å². The summed E-state index contributed by atoms with van der Waals surface area (Å²) in [7, 11) is -2.01. The Morgan fingerprint density at radius 2 is 1.76 bits per heavy atom. The SMILES string of the molecule is C[C@H](OCC[C@](C)(O)CO)[C@H]1CC[C@H]2C3=CC=C4C[C@@H](O)C[C@H](O[Si](C)(C)C(C)(C)C)[C@]4(C)[C@H]3CC[C@]12C. The summed E-state index contributed by atoms with van der Waals surface area (Å²) in [5, 5.41) is 30.6. The molecule has 3 N–H and O–H groups in total. The Balaban J connectivity index is 1.56. The van der Waals surface area contributed by atoms with Gasteiger partial charge in [0.05, 0.1) is 30.5 Å². The number of ether oxygens (including phenoxy) is 1. The van der Waals surface area contributed by atoms with Gasteiger partial charge in [0.15, 0.2) is 8.32 Å². The van der Waals surface area contributed by atoms with Crippen molar-refractivity contribution in [1.82, 2.24) is 0 Å². The Labute approximate surface area is 233 Å². The molecule has 0 aliphatic heterocycles. The summed E-state index contributed by atoms with van der Waals surface area (Å²) in [5.41, 5.74) is 2.06. The van der Waals surface area contributed by atoms with E-state index in [9.17, 15) is 15.3 Å². The molecule has 0 aromatic carbocycles. The fourth-order valence-electron chi connectivity index (χ4n) is 8.20. The summed E-state index contributed by atoms with van der Waals surface area (Å²) in [6.07, 6.45) is 11.3. The van der Waals surface area contributed by atoms with Crippen LogP contribution in [0.4, 0.5) is 0 Å². The Bertz CT molecular complexity index is 933. The summed E-state index contributed by atoms with van der Waals surface area (Å²) in [4.78, 5) is 0. The van der Waals surface area contributed by atoms with Gasteiger partial charge in [0.1, 0.15) is 0 Å². The number of fused-ring (bicyclic) bond motifs is 5.